The molecule has 25 heavy (non-hydrogen) atoms. The van der Waals surface area contributed by atoms with Crippen molar-refractivity contribution in [2.45, 2.75) is 0 Å². The first-order valence-corrected chi connectivity index (χ1v) is 7.15. The lowest BCUT2D eigenvalue weighted by atomic mass is 10.1. The zero-order valence-electron chi connectivity index (χ0n) is 12.8. The Labute approximate surface area is 142 Å². The summed E-state index contributed by atoms with van der Waals surface area (Å²) in [6.45, 7) is 6.93. The number of nitrogens with one attached hydrogen (secondary N) is 1. The summed E-state index contributed by atoms with van der Waals surface area (Å²) in [5, 5.41) is 11.7. The summed E-state index contributed by atoms with van der Waals surface area (Å²) in [7, 11) is 0. The van der Waals surface area contributed by atoms with Crippen molar-refractivity contribution in [2.75, 3.05) is 5.32 Å². The van der Waals surface area contributed by atoms with Gasteiger partial charge in [0.15, 0.2) is 11.4 Å². The Morgan fingerprint density at radius 1 is 1.16 bits per heavy atom. The fourth-order valence-electron chi connectivity index (χ4n) is 2.17. The largest absolute Gasteiger partial charge is 0.478 e. The van der Waals surface area contributed by atoms with Gasteiger partial charge in [-0.1, -0.05) is 24.3 Å². The highest BCUT2D eigenvalue weighted by Gasteiger charge is 2.17. The van der Waals surface area contributed by atoms with Crippen LogP contribution in [0.3, 0.4) is 0 Å². The van der Waals surface area contributed by atoms with Gasteiger partial charge in [-0.05, 0) is 24.3 Å². The number of aromatic carboxylic acids is 1. The summed E-state index contributed by atoms with van der Waals surface area (Å²) in [4.78, 5) is 30.9. The number of carbonyl (C=O) groups is 2. The monoisotopic (exact) mass is 333 g/mol. The van der Waals surface area contributed by atoms with Crippen molar-refractivity contribution in [3.63, 3.8) is 0 Å². The minimum absolute atomic E-state index is 0.0180. The van der Waals surface area contributed by atoms with Gasteiger partial charge in [-0.25, -0.2) is 14.6 Å². The molecule has 0 radical (unpaired) electrons. The summed E-state index contributed by atoms with van der Waals surface area (Å²) >= 11 is 0. The third-order valence-corrected chi connectivity index (χ3v) is 3.37. The summed E-state index contributed by atoms with van der Waals surface area (Å²) in [5.41, 5.74) is 0.810. The van der Waals surface area contributed by atoms with Crippen LogP contribution in [0.1, 0.15) is 20.8 Å². The number of nitrogens with zero attached hydrogens (tertiary/aromatic N) is 2. The number of rotatable bonds is 4. The summed E-state index contributed by atoms with van der Waals surface area (Å²) < 4.78 is 5.30. The molecule has 7 heteroatoms. The summed E-state index contributed by atoms with van der Waals surface area (Å²) in [5.74, 6) is -1.57. The molecule has 3 aromatic rings. The van der Waals surface area contributed by atoms with Gasteiger partial charge in [0, 0.05) is 5.56 Å². The molecule has 122 valence electrons. The normalized spacial score (nSPS) is 10.0. The average Bonchev–Trinajstić information content (AvgIpc) is 3.13. The number of carbonyl (C=O) groups excluding carboxylic acids is 1. The van der Waals surface area contributed by atoms with Gasteiger partial charge in [-0.2, -0.15) is 0 Å². The first-order valence-electron chi connectivity index (χ1n) is 7.15. The van der Waals surface area contributed by atoms with E-state index in [0.29, 0.717) is 5.56 Å². The summed E-state index contributed by atoms with van der Waals surface area (Å²) in [6.07, 6.45) is 1.20. The fraction of sp³-hybridized carbons (Fsp3) is 0. The fourth-order valence-corrected chi connectivity index (χ4v) is 2.17. The molecular weight excluding hydrogens is 322 g/mol. The topological polar surface area (TPSA) is 96.8 Å². The van der Waals surface area contributed by atoms with Crippen molar-refractivity contribution in [1.82, 2.24) is 4.98 Å². The quantitative estimate of drug-likeness (QED) is 0.707. The third-order valence-electron chi connectivity index (χ3n) is 3.37. The van der Waals surface area contributed by atoms with Gasteiger partial charge in [0.1, 0.15) is 6.26 Å². The minimum Gasteiger partial charge on any atom is -0.478 e. The Bertz CT molecular complexity index is 987. The zero-order chi connectivity index (χ0) is 17.8. The number of oxazole rings is 1. The van der Waals surface area contributed by atoms with Crippen molar-refractivity contribution in [1.29, 1.82) is 0 Å². The number of amides is 1. The van der Waals surface area contributed by atoms with Crippen LogP contribution in [0.15, 0.2) is 59.2 Å². The Hall–Kier alpha value is -3.92. The summed E-state index contributed by atoms with van der Waals surface area (Å²) in [6, 6.07) is 13.1. The van der Waals surface area contributed by atoms with Crippen LogP contribution in [0.2, 0.25) is 0 Å². The molecule has 2 aromatic carbocycles. The van der Waals surface area contributed by atoms with E-state index in [1.54, 1.807) is 12.1 Å². The van der Waals surface area contributed by atoms with Gasteiger partial charge in [-0.3, -0.25) is 4.79 Å². The Morgan fingerprint density at radius 3 is 2.60 bits per heavy atom. The molecule has 0 aliphatic rings. The van der Waals surface area contributed by atoms with Crippen LogP contribution in [0.25, 0.3) is 16.3 Å². The molecular formula is C18H11N3O4. The first-order chi connectivity index (χ1) is 12.1. The van der Waals surface area contributed by atoms with Gasteiger partial charge < -0.3 is 14.8 Å². The van der Waals surface area contributed by atoms with Crippen molar-refractivity contribution < 1.29 is 19.1 Å². The average molecular weight is 333 g/mol. The number of anilines is 1. The molecule has 0 aliphatic carbocycles. The SMILES string of the molecule is [C-]#[N+]c1ccc(NC(=O)c2coc(-c3ccccc3)n2)c(C(=O)O)c1. The number of hydrogen-bond acceptors (Lipinski definition) is 4. The van der Waals surface area contributed by atoms with Crippen LogP contribution >= 0.6 is 0 Å². The van der Waals surface area contributed by atoms with Crippen LogP contribution < -0.4 is 5.32 Å². The molecule has 7 nitrogen and oxygen atoms in total. The predicted octanol–water partition coefficient (Wildman–Crippen LogP) is 3.84. The van der Waals surface area contributed by atoms with Gasteiger partial charge in [-0.15, -0.1) is 0 Å². The van der Waals surface area contributed by atoms with Crippen molar-refractivity contribution in [2.24, 2.45) is 0 Å². The molecule has 3 rings (SSSR count). The maximum absolute atomic E-state index is 12.3. The van der Waals surface area contributed by atoms with E-state index in [0.717, 1.165) is 0 Å². The van der Waals surface area contributed by atoms with E-state index in [4.69, 9.17) is 11.0 Å². The molecule has 0 fully saturated rings. The number of benzene rings is 2. The lowest BCUT2D eigenvalue weighted by Gasteiger charge is -2.07. The third kappa shape index (κ3) is 3.38. The maximum Gasteiger partial charge on any atom is 0.336 e. The van der Waals surface area contributed by atoms with Gasteiger partial charge in [0.25, 0.3) is 5.91 Å². The van der Waals surface area contributed by atoms with Crippen molar-refractivity contribution >= 4 is 23.3 Å². The van der Waals surface area contributed by atoms with Crippen LogP contribution in [0.5, 0.6) is 0 Å². The van der Waals surface area contributed by atoms with Crippen molar-refractivity contribution in [3.8, 4) is 11.5 Å². The highest BCUT2D eigenvalue weighted by Crippen LogP contribution is 2.24. The molecule has 1 heterocycles. The van der Waals surface area contributed by atoms with E-state index in [-0.39, 0.29) is 28.5 Å². The molecule has 0 saturated carbocycles. The van der Waals surface area contributed by atoms with E-state index in [9.17, 15) is 14.7 Å². The standard InChI is InChI=1S/C18H11N3O4/c1-19-12-7-8-14(13(9-12)18(23)24)20-16(22)15-10-25-17(21-15)11-5-3-2-4-6-11/h2-10H,(H,20,22)(H,23,24). The smallest absolute Gasteiger partial charge is 0.336 e. The second-order valence-corrected chi connectivity index (χ2v) is 5.00. The molecule has 0 atom stereocenters. The molecule has 0 bridgehead atoms. The highest BCUT2D eigenvalue weighted by molar-refractivity contribution is 6.07. The van der Waals surface area contributed by atoms with Crippen LogP contribution in [-0.4, -0.2) is 22.0 Å². The van der Waals surface area contributed by atoms with Gasteiger partial charge >= 0.3 is 5.97 Å². The second kappa shape index (κ2) is 6.68. The number of aromatic nitrogens is 1. The lowest BCUT2D eigenvalue weighted by Crippen LogP contribution is -2.15. The molecule has 1 aromatic heterocycles. The van der Waals surface area contributed by atoms with Crippen LogP contribution in [-0.2, 0) is 0 Å². The van der Waals surface area contributed by atoms with E-state index in [1.807, 2.05) is 18.2 Å². The van der Waals surface area contributed by atoms with Crippen molar-refractivity contribution in [3.05, 3.63) is 77.5 Å². The van der Waals surface area contributed by atoms with E-state index < -0.39 is 11.9 Å². The highest BCUT2D eigenvalue weighted by atomic mass is 16.4. The van der Waals surface area contributed by atoms with Gasteiger partial charge in [0.2, 0.25) is 5.89 Å². The van der Waals surface area contributed by atoms with E-state index >= 15 is 0 Å². The van der Waals surface area contributed by atoms with Crippen LogP contribution in [0, 0.1) is 6.57 Å². The molecule has 0 saturated heterocycles. The Kier molecular flexibility index (Phi) is 4.26. The van der Waals surface area contributed by atoms with Gasteiger partial charge in [0.05, 0.1) is 17.8 Å². The van der Waals surface area contributed by atoms with Crippen LogP contribution in [0.4, 0.5) is 11.4 Å². The lowest BCUT2D eigenvalue weighted by molar-refractivity contribution is 0.0698. The molecule has 0 aliphatic heterocycles. The molecule has 0 spiro atoms. The van der Waals surface area contributed by atoms with E-state index in [1.165, 1.54) is 24.5 Å². The number of carboxylic acid groups (broad SMARTS) is 1. The Balaban J connectivity index is 1.85. The second-order valence-electron chi connectivity index (χ2n) is 5.00. The molecule has 0 unspecified atom stereocenters. The number of carboxylic acids is 1. The molecule has 1 amide bonds. The maximum atomic E-state index is 12.3. The molecule has 2 N–H and O–H groups in total. The minimum atomic E-state index is -1.24. The Morgan fingerprint density at radius 2 is 1.92 bits per heavy atom. The predicted molar refractivity (Wildman–Crippen MR) is 89.6 cm³/mol. The zero-order valence-corrected chi connectivity index (χ0v) is 12.8. The first kappa shape index (κ1) is 16.0. The van der Waals surface area contributed by atoms with E-state index in [2.05, 4.69) is 15.1 Å². The number of hydrogen-bond donors (Lipinski definition) is 2.